The summed E-state index contributed by atoms with van der Waals surface area (Å²) in [7, 11) is 0. The van der Waals surface area contributed by atoms with Crippen molar-refractivity contribution in [2.24, 2.45) is 0 Å². The first-order chi connectivity index (χ1) is 14.7. The molecule has 3 aromatic carbocycles. The fourth-order valence-electron chi connectivity index (χ4n) is 4.09. The molecule has 1 saturated heterocycles. The van der Waals surface area contributed by atoms with Gasteiger partial charge in [-0.1, -0.05) is 79.7 Å². The number of nitrogens with one attached hydrogen (secondary N) is 1. The number of rotatable bonds is 5. The van der Waals surface area contributed by atoms with Gasteiger partial charge in [0, 0.05) is 31.9 Å². The lowest BCUT2D eigenvalue weighted by atomic mass is 9.96. The minimum absolute atomic E-state index is 0.276. The average molecular weight is 416 g/mol. The van der Waals surface area contributed by atoms with Crippen molar-refractivity contribution in [1.29, 1.82) is 0 Å². The molecular formula is C26H29N3S. The van der Waals surface area contributed by atoms with E-state index in [0.717, 1.165) is 43.4 Å². The molecule has 0 saturated carbocycles. The summed E-state index contributed by atoms with van der Waals surface area (Å²) in [6.07, 6.45) is 1.05. The molecule has 30 heavy (non-hydrogen) atoms. The molecule has 0 atom stereocenters. The zero-order valence-electron chi connectivity index (χ0n) is 17.5. The summed E-state index contributed by atoms with van der Waals surface area (Å²) in [5.74, 6) is 0. The Labute approximate surface area is 185 Å². The maximum absolute atomic E-state index is 5.70. The van der Waals surface area contributed by atoms with E-state index in [0.29, 0.717) is 0 Å². The molecule has 154 valence electrons. The third kappa shape index (κ3) is 4.89. The van der Waals surface area contributed by atoms with Crippen LogP contribution >= 0.6 is 12.2 Å². The highest BCUT2D eigenvalue weighted by Crippen LogP contribution is 2.29. The highest BCUT2D eigenvalue weighted by molar-refractivity contribution is 7.80. The van der Waals surface area contributed by atoms with Crippen LogP contribution in [0, 0.1) is 0 Å². The quantitative estimate of drug-likeness (QED) is 0.566. The largest absolute Gasteiger partial charge is 0.346 e. The number of hydrogen-bond donors (Lipinski definition) is 1. The van der Waals surface area contributed by atoms with Crippen LogP contribution in [0.5, 0.6) is 0 Å². The minimum Gasteiger partial charge on any atom is -0.346 e. The molecule has 3 aromatic rings. The normalized spacial score (nSPS) is 14.7. The van der Waals surface area contributed by atoms with Gasteiger partial charge in [0.15, 0.2) is 5.11 Å². The van der Waals surface area contributed by atoms with Crippen LogP contribution in [0.1, 0.15) is 29.7 Å². The van der Waals surface area contributed by atoms with Crippen LogP contribution in [0.15, 0.2) is 84.9 Å². The van der Waals surface area contributed by atoms with E-state index in [4.69, 9.17) is 12.2 Å². The summed E-state index contributed by atoms with van der Waals surface area (Å²) in [4.78, 5) is 4.85. The van der Waals surface area contributed by atoms with E-state index < -0.39 is 0 Å². The van der Waals surface area contributed by atoms with Crippen LogP contribution < -0.4 is 5.32 Å². The van der Waals surface area contributed by atoms with E-state index in [-0.39, 0.29) is 6.04 Å². The van der Waals surface area contributed by atoms with Crippen molar-refractivity contribution in [1.82, 2.24) is 9.80 Å². The smallest absolute Gasteiger partial charge is 0.173 e. The average Bonchev–Trinajstić information content (AvgIpc) is 2.81. The van der Waals surface area contributed by atoms with Crippen LogP contribution in [-0.4, -0.2) is 41.1 Å². The van der Waals surface area contributed by atoms with E-state index in [1.165, 1.54) is 16.7 Å². The minimum atomic E-state index is 0.276. The van der Waals surface area contributed by atoms with Gasteiger partial charge >= 0.3 is 0 Å². The molecule has 0 radical (unpaired) electrons. The lowest BCUT2D eigenvalue weighted by molar-refractivity contribution is 0.151. The fourth-order valence-corrected chi connectivity index (χ4v) is 4.39. The zero-order valence-corrected chi connectivity index (χ0v) is 18.3. The number of nitrogens with zero attached hydrogens (tertiary/aromatic N) is 2. The van der Waals surface area contributed by atoms with Crippen LogP contribution in [0.2, 0.25) is 0 Å². The first kappa shape index (κ1) is 20.6. The predicted molar refractivity (Wildman–Crippen MR) is 130 cm³/mol. The Kier molecular flexibility index (Phi) is 6.77. The van der Waals surface area contributed by atoms with E-state index in [2.05, 4.69) is 107 Å². The topological polar surface area (TPSA) is 18.5 Å². The summed E-state index contributed by atoms with van der Waals surface area (Å²) in [6, 6.07) is 30.4. The molecule has 3 nitrogen and oxygen atoms in total. The molecule has 0 amide bonds. The number of thiocarbonyl (C=S) groups is 1. The molecule has 0 aliphatic carbocycles. The van der Waals surface area contributed by atoms with Crippen molar-refractivity contribution in [2.75, 3.05) is 31.5 Å². The van der Waals surface area contributed by atoms with E-state index in [1.807, 2.05) is 0 Å². The van der Waals surface area contributed by atoms with Gasteiger partial charge in [-0.25, -0.2) is 0 Å². The van der Waals surface area contributed by atoms with Crippen molar-refractivity contribution in [3.8, 4) is 0 Å². The van der Waals surface area contributed by atoms with Crippen molar-refractivity contribution >= 4 is 23.0 Å². The van der Waals surface area contributed by atoms with E-state index in [1.54, 1.807) is 0 Å². The number of anilines is 1. The molecular weight excluding hydrogens is 386 g/mol. The summed E-state index contributed by atoms with van der Waals surface area (Å²) in [6.45, 7) is 5.98. The van der Waals surface area contributed by atoms with E-state index >= 15 is 0 Å². The highest BCUT2D eigenvalue weighted by Gasteiger charge is 2.27. The van der Waals surface area contributed by atoms with Gasteiger partial charge in [-0.3, -0.25) is 4.90 Å². The Morgan fingerprint density at radius 3 is 1.83 bits per heavy atom. The summed E-state index contributed by atoms with van der Waals surface area (Å²) < 4.78 is 0. The van der Waals surface area contributed by atoms with E-state index in [9.17, 15) is 0 Å². The van der Waals surface area contributed by atoms with Crippen LogP contribution in [-0.2, 0) is 6.42 Å². The number of aryl methyl sites for hydroxylation is 1. The molecule has 1 N–H and O–H groups in total. The van der Waals surface area contributed by atoms with Gasteiger partial charge in [0.1, 0.15) is 0 Å². The second kappa shape index (κ2) is 9.88. The molecule has 4 heteroatoms. The Morgan fingerprint density at radius 1 is 0.800 bits per heavy atom. The molecule has 0 aromatic heterocycles. The number of piperazine rings is 1. The van der Waals surface area contributed by atoms with Gasteiger partial charge in [-0.15, -0.1) is 0 Å². The third-order valence-corrected chi connectivity index (χ3v) is 6.17. The summed E-state index contributed by atoms with van der Waals surface area (Å²) in [5.41, 5.74) is 5.08. The van der Waals surface area contributed by atoms with Gasteiger partial charge in [-0.2, -0.15) is 0 Å². The van der Waals surface area contributed by atoms with Crippen molar-refractivity contribution < 1.29 is 0 Å². The van der Waals surface area contributed by atoms with Crippen LogP contribution in [0.3, 0.4) is 0 Å². The molecule has 4 rings (SSSR count). The van der Waals surface area contributed by atoms with Gasteiger partial charge in [0.2, 0.25) is 0 Å². The SMILES string of the molecule is CCc1ccc(NC(=S)N2CCN(C(c3ccccc3)c3ccccc3)CC2)cc1. The second-order valence-corrected chi connectivity index (χ2v) is 8.11. The monoisotopic (exact) mass is 415 g/mol. The Morgan fingerprint density at radius 2 is 1.33 bits per heavy atom. The van der Waals surface area contributed by atoms with Gasteiger partial charge < -0.3 is 10.2 Å². The standard InChI is InChI=1S/C26H29N3S/c1-2-21-13-15-24(16-14-21)27-26(30)29-19-17-28(18-20-29)25(22-9-5-3-6-10-22)23-11-7-4-8-12-23/h3-16,25H,2,17-20H2,1H3,(H,27,30). The Balaban J connectivity index is 1.42. The van der Waals surface area contributed by atoms with Crippen molar-refractivity contribution in [3.63, 3.8) is 0 Å². The first-order valence-corrected chi connectivity index (χ1v) is 11.1. The lowest BCUT2D eigenvalue weighted by Crippen LogP contribution is -2.50. The Hall–Kier alpha value is -2.69. The molecule has 0 bridgehead atoms. The maximum Gasteiger partial charge on any atom is 0.173 e. The lowest BCUT2D eigenvalue weighted by Gasteiger charge is -2.40. The molecule has 1 fully saturated rings. The van der Waals surface area contributed by atoms with Gasteiger partial charge in [-0.05, 0) is 47.5 Å². The molecule has 1 heterocycles. The zero-order chi connectivity index (χ0) is 20.8. The number of benzene rings is 3. The van der Waals surface area contributed by atoms with Crippen molar-refractivity contribution in [3.05, 3.63) is 102 Å². The maximum atomic E-state index is 5.70. The molecule has 1 aliphatic heterocycles. The van der Waals surface area contributed by atoms with Gasteiger partial charge in [0.05, 0.1) is 6.04 Å². The summed E-state index contributed by atoms with van der Waals surface area (Å²) >= 11 is 5.70. The molecule has 1 aliphatic rings. The van der Waals surface area contributed by atoms with Crippen LogP contribution in [0.4, 0.5) is 5.69 Å². The third-order valence-electron chi connectivity index (χ3n) is 5.81. The van der Waals surface area contributed by atoms with Crippen LogP contribution in [0.25, 0.3) is 0 Å². The molecule has 0 spiro atoms. The molecule has 0 unspecified atom stereocenters. The predicted octanol–water partition coefficient (Wildman–Crippen LogP) is 5.35. The second-order valence-electron chi connectivity index (χ2n) is 7.73. The highest BCUT2D eigenvalue weighted by atomic mass is 32.1. The first-order valence-electron chi connectivity index (χ1n) is 10.7. The fraction of sp³-hybridized carbons (Fsp3) is 0.269. The van der Waals surface area contributed by atoms with Crippen molar-refractivity contribution in [2.45, 2.75) is 19.4 Å². The number of hydrogen-bond acceptors (Lipinski definition) is 2. The summed E-state index contributed by atoms with van der Waals surface area (Å²) in [5, 5.41) is 4.22. The Bertz CT molecular complexity index is 894. The van der Waals surface area contributed by atoms with Gasteiger partial charge in [0.25, 0.3) is 0 Å².